The number of carbonyl (C=O) groups is 1. The van der Waals surface area contributed by atoms with E-state index in [-0.39, 0.29) is 11.6 Å². The number of thiophene rings is 1. The maximum absolute atomic E-state index is 10.7. The van der Waals surface area contributed by atoms with E-state index < -0.39 is 12.6 Å². The molecule has 22 heavy (non-hydrogen) atoms. The Morgan fingerprint density at radius 1 is 1.41 bits per heavy atom. The summed E-state index contributed by atoms with van der Waals surface area (Å²) in [5.41, 5.74) is 7.56. The number of anilines is 1. The molecule has 3 rings (SSSR count). The summed E-state index contributed by atoms with van der Waals surface area (Å²) >= 11 is 1.52. The molecule has 3 heterocycles. The third-order valence-corrected chi connectivity index (χ3v) is 3.81. The average molecular weight is 316 g/mol. The molecule has 0 saturated carbocycles. The smallest absolute Gasteiger partial charge is 0.341 e. The molecule has 0 aliphatic carbocycles. The van der Waals surface area contributed by atoms with Crippen molar-refractivity contribution in [2.24, 2.45) is 0 Å². The zero-order chi connectivity index (χ0) is 15.5. The Bertz CT molecular complexity index is 782. The molecule has 0 aromatic carbocycles. The molecule has 0 saturated heterocycles. The van der Waals surface area contributed by atoms with Gasteiger partial charge in [-0.1, -0.05) is 6.07 Å². The molecule has 6 nitrogen and oxygen atoms in total. The molecule has 3 N–H and O–H groups in total. The quantitative estimate of drug-likeness (QED) is 0.750. The molecule has 0 radical (unpaired) electrons. The van der Waals surface area contributed by atoms with Crippen molar-refractivity contribution in [2.75, 3.05) is 12.3 Å². The predicted molar refractivity (Wildman–Crippen MR) is 82.8 cm³/mol. The fourth-order valence-electron chi connectivity index (χ4n) is 1.96. The number of nitrogens with two attached hydrogens (primary N) is 1. The van der Waals surface area contributed by atoms with Crippen molar-refractivity contribution in [3.63, 3.8) is 0 Å². The molecule has 0 aliphatic heterocycles. The van der Waals surface area contributed by atoms with Crippen molar-refractivity contribution in [1.82, 2.24) is 4.98 Å². The number of hydrogen-bond acceptors (Lipinski definition) is 6. The number of pyridine rings is 1. The Hall–Kier alpha value is -2.80. The van der Waals surface area contributed by atoms with Crippen LogP contribution in [-0.4, -0.2) is 22.7 Å². The van der Waals surface area contributed by atoms with Gasteiger partial charge in [-0.2, -0.15) is 0 Å². The van der Waals surface area contributed by atoms with Crippen molar-refractivity contribution in [2.45, 2.75) is 0 Å². The highest BCUT2D eigenvalue weighted by atomic mass is 32.1. The van der Waals surface area contributed by atoms with Crippen LogP contribution in [0, 0.1) is 0 Å². The molecular formula is C15H12N2O4S. The van der Waals surface area contributed by atoms with Gasteiger partial charge in [0.2, 0.25) is 5.88 Å². The number of carboxylic acid groups (broad SMARTS) is 1. The number of ether oxygens (including phenoxy) is 1. The first-order chi connectivity index (χ1) is 10.6. The predicted octanol–water partition coefficient (Wildman–Crippen LogP) is 3.12. The van der Waals surface area contributed by atoms with E-state index >= 15 is 0 Å². The lowest BCUT2D eigenvalue weighted by Crippen LogP contribution is -2.12. The van der Waals surface area contributed by atoms with Gasteiger partial charge in [0.25, 0.3) is 0 Å². The minimum atomic E-state index is -1.10. The summed E-state index contributed by atoms with van der Waals surface area (Å²) in [6.45, 7) is -0.511. The van der Waals surface area contributed by atoms with Gasteiger partial charge in [0.1, 0.15) is 11.4 Å². The van der Waals surface area contributed by atoms with Gasteiger partial charge < -0.3 is 20.0 Å². The van der Waals surface area contributed by atoms with E-state index in [1.807, 2.05) is 17.5 Å². The summed E-state index contributed by atoms with van der Waals surface area (Å²) < 4.78 is 10.6. The van der Waals surface area contributed by atoms with Crippen LogP contribution in [0.5, 0.6) is 5.88 Å². The van der Waals surface area contributed by atoms with Crippen molar-refractivity contribution >= 4 is 23.0 Å². The first kappa shape index (κ1) is 14.2. The number of rotatable bonds is 5. The molecule has 3 aromatic heterocycles. The normalized spacial score (nSPS) is 10.5. The number of carboxylic acids is 1. The highest BCUT2D eigenvalue weighted by Gasteiger charge is 2.17. The van der Waals surface area contributed by atoms with Gasteiger partial charge in [-0.3, -0.25) is 0 Å². The van der Waals surface area contributed by atoms with Crippen LogP contribution >= 0.6 is 11.3 Å². The Balaban J connectivity index is 2.10. The van der Waals surface area contributed by atoms with E-state index in [0.29, 0.717) is 17.0 Å². The van der Waals surface area contributed by atoms with Crippen LogP contribution in [0.15, 0.2) is 46.4 Å². The molecule has 112 valence electrons. The third-order valence-electron chi connectivity index (χ3n) is 2.92. The molecule has 7 heteroatoms. The largest absolute Gasteiger partial charge is 0.479 e. The van der Waals surface area contributed by atoms with Gasteiger partial charge in [0, 0.05) is 5.56 Å². The SMILES string of the molecule is Nc1c(-c2ccco2)cc(-c2cccs2)nc1OCC(=O)O. The summed E-state index contributed by atoms with van der Waals surface area (Å²) in [6, 6.07) is 9.13. The lowest BCUT2D eigenvalue weighted by atomic mass is 10.1. The second-order valence-corrected chi connectivity index (χ2v) is 5.36. The number of aliphatic carboxylic acids is 1. The topological polar surface area (TPSA) is 98.6 Å². The Kier molecular flexibility index (Phi) is 3.80. The lowest BCUT2D eigenvalue weighted by molar-refractivity contribution is -0.139. The second kappa shape index (κ2) is 5.90. The van der Waals surface area contributed by atoms with Gasteiger partial charge >= 0.3 is 5.97 Å². The first-order valence-electron chi connectivity index (χ1n) is 6.38. The van der Waals surface area contributed by atoms with Crippen LogP contribution in [0.1, 0.15) is 0 Å². The van der Waals surface area contributed by atoms with Gasteiger partial charge in [0.15, 0.2) is 6.61 Å². The van der Waals surface area contributed by atoms with E-state index in [0.717, 1.165) is 4.88 Å². The van der Waals surface area contributed by atoms with Crippen molar-refractivity contribution in [3.05, 3.63) is 42.0 Å². The molecule has 0 aliphatic rings. The highest BCUT2D eigenvalue weighted by molar-refractivity contribution is 7.13. The average Bonchev–Trinajstić information content (AvgIpc) is 3.19. The molecule has 0 fully saturated rings. The van der Waals surface area contributed by atoms with Crippen LogP contribution < -0.4 is 10.5 Å². The molecule has 0 spiro atoms. The summed E-state index contributed by atoms with van der Waals surface area (Å²) in [6.07, 6.45) is 1.54. The number of nitrogen functional groups attached to an aromatic ring is 1. The van der Waals surface area contributed by atoms with Crippen molar-refractivity contribution in [1.29, 1.82) is 0 Å². The third kappa shape index (κ3) is 2.79. The number of nitrogens with zero attached hydrogens (tertiary/aromatic N) is 1. The summed E-state index contributed by atoms with van der Waals surface area (Å²) in [4.78, 5) is 15.9. The van der Waals surface area contributed by atoms with Crippen LogP contribution in [-0.2, 0) is 4.79 Å². The van der Waals surface area contributed by atoms with Crippen LogP contribution in [0.4, 0.5) is 5.69 Å². The molecule has 0 amide bonds. The number of aromatic nitrogens is 1. The second-order valence-electron chi connectivity index (χ2n) is 4.41. The van der Waals surface area contributed by atoms with Crippen LogP contribution in [0.3, 0.4) is 0 Å². The van der Waals surface area contributed by atoms with E-state index in [9.17, 15) is 4.79 Å². The molecule has 0 bridgehead atoms. The standard InChI is InChI=1S/C15H12N2O4S/c16-14-9(11-3-1-5-20-11)7-10(12-4-2-6-22-12)17-15(14)21-8-13(18)19/h1-7H,8,16H2,(H,18,19). The van der Waals surface area contributed by atoms with Gasteiger partial charge in [-0.25, -0.2) is 9.78 Å². The molecule has 0 atom stereocenters. The summed E-state index contributed by atoms with van der Waals surface area (Å²) in [7, 11) is 0. The van der Waals surface area contributed by atoms with E-state index in [2.05, 4.69) is 4.98 Å². The van der Waals surface area contributed by atoms with Gasteiger partial charge in [-0.05, 0) is 29.6 Å². The maximum atomic E-state index is 10.7. The zero-order valence-corrected chi connectivity index (χ0v) is 12.2. The zero-order valence-electron chi connectivity index (χ0n) is 11.4. The molecule has 3 aromatic rings. The Morgan fingerprint density at radius 3 is 2.91 bits per heavy atom. The van der Waals surface area contributed by atoms with Gasteiger partial charge in [-0.15, -0.1) is 11.3 Å². The Labute approximate surface area is 129 Å². The monoisotopic (exact) mass is 316 g/mol. The van der Waals surface area contributed by atoms with E-state index in [4.69, 9.17) is 20.0 Å². The summed E-state index contributed by atoms with van der Waals surface area (Å²) in [5.74, 6) is -0.445. The van der Waals surface area contributed by atoms with Crippen molar-refractivity contribution in [3.8, 4) is 27.8 Å². The lowest BCUT2D eigenvalue weighted by Gasteiger charge is -2.11. The first-order valence-corrected chi connectivity index (χ1v) is 7.26. The minimum Gasteiger partial charge on any atom is -0.479 e. The van der Waals surface area contributed by atoms with E-state index in [1.165, 1.54) is 17.6 Å². The number of hydrogen-bond donors (Lipinski definition) is 2. The van der Waals surface area contributed by atoms with Crippen molar-refractivity contribution < 1.29 is 19.1 Å². The number of furan rings is 1. The van der Waals surface area contributed by atoms with Crippen LogP contribution in [0.25, 0.3) is 21.9 Å². The van der Waals surface area contributed by atoms with Gasteiger partial charge in [0.05, 0.1) is 16.8 Å². The minimum absolute atomic E-state index is 0.0831. The maximum Gasteiger partial charge on any atom is 0.341 e. The van der Waals surface area contributed by atoms with E-state index in [1.54, 1.807) is 18.2 Å². The highest BCUT2D eigenvalue weighted by Crippen LogP contribution is 2.37. The Morgan fingerprint density at radius 2 is 2.27 bits per heavy atom. The molecular weight excluding hydrogens is 304 g/mol. The van der Waals surface area contributed by atoms with Crippen LogP contribution in [0.2, 0.25) is 0 Å². The fourth-order valence-corrected chi connectivity index (χ4v) is 2.64. The fraction of sp³-hybridized carbons (Fsp3) is 0.0667. The molecule has 0 unspecified atom stereocenters. The summed E-state index contributed by atoms with van der Waals surface area (Å²) in [5, 5.41) is 10.7.